The number of benzene rings is 3. The summed E-state index contributed by atoms with van der Waals surface area (Å²) in [5, 5.41) is 2.62. The third kappa shape index (κ3) is 4.60. The van der Waals surface area contributed by atoms with Crippen molar-refractivity contribution in [2.45, 2.75) is 0 Å². The summed E-state index contributed by atoms with van der Waals surface area (Å²) in [6.07, 6.45) is 2.05. The normalized spacial score (nSPS) is 10.6. The van der Waals surface area contributed by atoms with Crippen LogP contribution in [0, 0.1) is 11.9 Å². The molecule has 3 aromatic carbocycles. The molecule has 0 heterocycles. The van der Waals surface area contributed by atoms with E-state index in [9.17, 15) is 0 Å². The van der Waals surface area contributed by atoms with Gasteiger partial charge < -0.3 is 11.6 Å². The summed E-state index contributed by atoms with van der Waals surface area (Å²) in [6, 6.07) is 32.4. The molecular formula is C20H15PZr. The quantitative estimate of drug-likeness (QED) is 0.467. The Balaban J connectivity index is 0.00000176. The van der Waals surface area contributed by atoms with E-state index < -0.39 is 7.92 Å². The van der Waals surface area contributed by atoms with Gasteiger partial charge in [-0.3, -0.25) is 5.82 Å². The molecule has 22 heavy (non-hydrogen) atoms. The van der Waals surface area contributed by atoms with Crippen LogP contribution in [0.4, 0.5) is 0 Å². The fraction of sp³-hybridized carbons (Fsp3) is 0. The van der Waals surface area contributed by atoms with E-state index >= 15 is 0 Å². The van der Waals surface area contributed by atoms with E-state index in [2.05, 4.69) is 78.6 Å². The van der Waals surface area contributed by atoms with Crippen LogP contribution in [0.25, 0.3) is 6.08 Å². The van der Waals surface area contributed by atoms with Gasteiger partial charge in [-0.2, -0.15) is 12.1 Å². The van der Waals surface area contributed by atoms with Crippen LogP contribution in [0.1, 0.15) is 5.56 Å². The van der Waals surface area contributed by atoms with Crippen LogP contribution in [0.3, 0.4) is 0 Å². The number of rotatable bonds is 4. The van der Waals surface area contributed by atoms with Crippen LogP contribution in [0.5, 0.6) is 0 Å². The smallest absolute Gasteiger partial charge is 0.308 e. The summed E-state index contributed by atoms with van der Waals surface area (Å²) in [5.41, 5.74) is 1.07. The first kappa shape index (κ1) is 17.1. The van der Waals surface area contributed by atoms with Crippen molar-refractivity contribution in [3.8, 4) is 0 Å². The molecule has 0 saturated carbocycles. The van der Waals surface area contributed by atoms with Crippen molar-refractivity contribution in [2.24, 2.45) is 0 Å². The van der Waals surface area contributed by atoms with E-state index in [1.54, 1.807) is 0 Å². The zero-order valence-electron chi connectivity index (χ0n) is 12.1. The van der Waals surface area contributed by atoms with Gasteiger partial charge in [-0.05, 0) is 10.6 Å². The van der Waals surface area contributed by atoms with Crippen molar-refractivity contribution >= 4 is 24.6 Å². The van der Waals surface area contributed by atoms with Crippen LogP contribution in [-0.2, 0) is 26.2 Å². The molecule has 3 aromatic rings. The molecule has 0 nitrogen and oxygen atoms in total. The second-order valence-corrected chi connectivity index (χ2v) is 6.56. The minimum atomic E-state index is -0.600. The van der Waals surface area contributed by atoms with Gasteiger partial charge in [-0.15, -0.1) is 14.0 Å². The summed E-state index contributed by atoms with van der Waals surface area (Å²) < 4.78 is 0. The van der Waals surface area contributed by atoms with Crippen molar-refractivity contribution in [1.29, 1.82) is 0 Å². The van der Waals surface area contributed by atoms with Gasteiger partial charge in [0.25, 0.3) is 0 Å². The molecule has 0 fully saturated rings. The molecule has 0 amide bonds. The molecule has 104 valence electrons. The van der Waals surface area contributed by atoms with Crippen LogP contribution in [0.15, 0.2) is 84.9 Å². The van der Waals surface area contributed by atoms with Crippen molar-refractivity contribution < 1.29 is 26.2 Å². The van der Waals surface area contributed by atoms with Gasteiger partial charge >= 0.3 is 26.2 Å². The predicted molar refractivity (Wildman–Crippen MR) is 92.1 cm³/mol. The Kier molecular flexibility index (Phi) is 6.98. The van der Waals surface area contributed by atoms with Gasteiger partial charge in [0, 0.05) is 0 Å². The van der Waals surface area contributed by atoms with E-state index in [1.807, 2.05) is 24.3 Å². The zero-order chi connectivity index (χ0) is 14.3. The largest absolute Gasteiger partial charge is 2.00 e. The van der Waals surface area contributed by atoms with Crippen LogP contribution < -0.4 is 10.6 Å². The Labute approximate surface area is 152 Å². The van der Waals surface area contributed by atoms with E-state index in [0.29, 0.717) is 0 Å². The van der Waals surface area contributed by atoms with Crippen molar-refractivity contribution in [3.63, 3.8) is 0 Å². The minimum Gasteiger partial charge on any atom is -0.308 e. The Bertz CT molecular complexity index is 654. The Morgan fingerprint density at radius 3 is 1.77 bits per heavy atom. The van der Waals surface area contributed by atoms with Gasteiger partial charge in [0.1, 0.15) is 0 Å². The Morgan fingerprint density at radius 2 is 1.27 bits per heavy atom. The molecule has 0 spiro atoms. The predicted octanol–water partition coefficient (Wildman–Crippen LogP) is 4.39. The first-order chi connectivity index (χ1) is 10.4. The minimum absolute atomic E-state index is 0. The number of hydrogen-bond donors (Lipinski definition) is 0. The van der Waals surface area contributed by atoms with E-state index in [0.717, 1.165) is 5.56 Å². The van der Waals surface area contributed by atoms with Crippen molar-refractivity contribution in [3.05, 3.63) is 102 Å². The summed E-state index contributed by atoms with van der Waals surface area (Å²) in [7, 11) is -0.600. The van der Waals surface area contributed by atoms with Crippen LogP contribution in [0.2, 0.25) is 0 Å². The SMILES string of the molecule is [C-](=Cc1[c-]cccc1)P(c1ccccc1)c1ccccc1.[Zr+2]. The summed E-state index contributed by atoms with van der Waals surface area (Å²) >= 11 is 0. The third-order valence-corrected chi connectivity index (χ3v) is 5.13. The van der Waals surface area contributed by atoms with Crippen molar-refractivity contribution in [2.75, 3.05) is 0 Å². The topological polar surface area (TPSA) is 0 Å². The van der Waals surface area contributed by atoms with Crippen LogP contribution in [-0.4, -0.2) is 0 Å². The first-order valence-corrected chi connectivity index (χ1v) is 8.24. The zero-order valence-corrected chi connectivity index (χ0v) is 15.5. The molecule has 0 unspecified atom stereocenters. The molecule has 0 aliphatic rings. The fourth-order valence-electron chi connectivity index (χ4n) is 2.08. The van der Waals surface area contributed by atoms with Gasteiger partial charge in [-0.25, -0.2) is 12.1 Å². The maximum absolute atomic E-state index is 3.58. The van der Waals surface area contributed by atoms with Crippen LogP contribution >= 0.6 is 7.92 Å². The maximum Gasteiger partial charge on any atom is 2.00 e. The molecule has 0 atom stereocenters. The molecule has 0 bridgehead atoms. The monoisotopic (exact) mass is 376 g/mol. The molecular weight excluding hydrogens is 362 g/mol. The molecule has 2 heteroatoms. The summed E-state index contributed by atoms with van der Waals surface area (Å²) in [4.78, 5) is 0. The molecule has 0 aliphatic heterocycles. The molecule has 0 radical (unpaired) electrons. The van der Waals surface area contributed by atoms with Gasteiger partial charge in [0.05, 0.1) is 0 Å². The average Bonchev–Trinajstić information content (AvgIpc) is 2.58. The standard InChI is InChI=1S/C20H15P.Zr/c1-4-10-18(11-5-1)16-17-21(19-12-6-2-7-13-19)20-14-8-3-9-15-20;/h1-10,12-16H;/q-2;+2. The molecule has 0 N–H and O–H groups in total. The van der Waals surface area contributed by atoms with E-state index in [4.69, 9.17) is 0 Å². The summed E-state index contributed by atoms with van der Waals surface area (Å²) in [5.74, 6) is 3.58. The fourth-order valence-corrected chi connectivity index (χ4v) is 3.89. The molecule has 0 saturated heterocycles. The molecule has 0 aliphatic carbocycles. The molecule has 0 aromatic heterocycles. The van der Waals surface area contributed by atoms with Gasteiger partial charge in [0.2, 0.25) is 0 Å². The van der Waals surface area contributed by atoms with Crippen molar-refractivity contribution in [1.82, 2.24) is 0 Å². The van der Waals surface area contributed by atoms with Gasteiger partial charge in [-0.1, -0.05) is 60.7 Å². The second-order valence-electron chi connectivity index (χ2n) is 4.60. The first-order valence-electron chi connectivity index (χ1n) is 6.90. The van der Waals surface area contributed by atoms with E-state index in [-0.39, 0.29) is 26.2 Å². The van der Waals surface area contributed by atoms with Gasteiger partial charge in [0.15, 0.2) is 0 Å². The summed E-state index contributed by atoms with van der Waals surface area (Å²) in [6.45, 7) is 0. The Hall–Kier alpha value is -1.29. The third-order valence-electron chi connectivity index (χ3n) is 3.11. The maximum atomic E-state index is 3.58. The second kappa shape index (κ2) is 8.99. The Morgan fingerprint density at radius 1 is 0.727 bits per heavy atom. The van der Waals surface area contributed by atoms with E-state index in [1.165, 1.54) is 10.6 Å². The average molecular weight is 378 g/mol. The molecule has 3 rings (SSSR count). The number of hydrogen-bond acceptors (Lipinski definition) is 0.